The van der Waals surface area contributed by atoms with Crippen molar-refractivity contribution < 1.29 is 32.6 Å². The van der Waals surface area contributed by atoms with Gasteiger partial charge in [-0.3, -0.25) is 9.59 Å². The molecule has 0 aromatic heterocycles. The first-order chi connectivity index (χ1) is 13.2. The van der Waals surface area contributed by atoms with E-state index in [1.54, 1.807) is 29.2 Å². The van der Waals surface area contributed by atoms with E-state index in [2.05, 4.69) is 0 Å². The number of aldehydes is 1. The summed E-state index contributed by atoms with van der Waals surface area (Å²) < 4.78 is 44.7. The summed E-state index contributed by atoms with van der Waals surface area (Å²) in [6, 6.07) is 10.1. The molecule has 28 heavy (non-hydrogen) atoms. The fourth-order valence-electron chi connectivity index (χ4n) is 2.72. The van der Waals surface area contributed by atoms with Crippen LogP contribution in [0.1, 0.15) is 34.3 Å². The highest BCUT2D eigenvalue weighted by Crippen LogP contribution is 2.33. The molecule has 0 fully saturated rings. The average Bonchev–Trinajstić information content (AvgIpc) is 2.66. The van der Waals surface area contributed by atoms with Crippen molar-refractivity contribution in [1.82, 2.24) is 0 Å². The standard InChI is InChI=1S/C20H20F3NO4/c1-28-18-6-4-14(5-7-18)12-24(8-2-3-19(26)27)17-10-15(13-25)9-16(11-17)20(21,22)23/h4-7,9-11,13H,2-3,8,12H2,1H3,(H,26,27). The van der Waals surface area contributed by atoms with Gasteiger partial charge in [0.05, 0.1) is 12.7 Å². The van der Waals surface area contributed by atoms with Gasteiger partial charge in [-0.25, -0.2) is 0 Å². The highest BCUT2D eigenvalue weighted by Gasteiger charge is 2.31. The molecule has 8 heteroatoms. The Balaban J connectivity index is 2.36. The van der Waals surface area contributed by atoms with Gasteiger partial charge in [-0.2, -0.15) is 13.2 Å². The number of methoxy groups -OCH3 is 1. The molecule has 0 atom stereocenters. The molecule has 150 valence electrons. The van der Waals surface area contributed by atoms with Crippen LogP contribution >= 0.6 is 0 Å². The molecule has 0 bridgehead atoms. The van der Waals surface area contributed by atoms with Crippen LogP contribution < -0.4 is 9.64 Å². The highest BCUT2D eigenvalue weighted by atomic mass is 19.4. The largest absolute Gasteiger partial charge is 0.497 e. The molecule has 0 saturated carbocycles. The maximum Gasteiger partial charge on any atom is 0.416 e. The van der Waals surface area contributed by atoms with E-state index >= 15 is 0 Å². The second-order valence-corrected chi connectivity index (χ2v) is 6.20. The third-order valence-corrected chi connectivity index (χ3v) is 4.12. The van der Waals surface area contributed by atoms with E-state index in [1.165, 1.54) is 13.2 Å². The monoisotopic (exact) mass is 395 g/mol. The first-order valence-corrected chi connectivity index (χ1v) is 8.50. The fourth-order valence-corrected chi connectivity index (χ4v) is 2.72. The van der Waals surface area contributed by atoms with E-state index in [0.717, 1.165) is 17.7 Å². The highest BCUT2D eigenvalue weighted by molar-refractivity contribution is 5.78. The number of hydrogen-bond donors (Lipinski definition) is 1. The smallest absolute Gasteiger partial charge is 0.416 e. The van der Waals surface area contributed by atoms with E-state index < -0.39 is 17.7 Å². The summed E-state index contributed by atoms with van der Waals surface area (Å²) in [6.45, 7) is 0.473. The van der Waals surface area contributed by atoms with Gasteiger partial charge in [0.2, 0.25) is 0 Å². The minimum atomic E-state index is -4.60. The number of rotatable bonds is 9. The number of carbonyl (C=O) groups excluding carboxylic acids is 1. The lowest BCUT2D eigenvalue weighted by Crippen LogP contribution is -2.25. The van der Waals surface area contributed by atoms with E-state index in [0.29, 0.717) is 12.0 Å². The van der Waals surface area contributed by atoms with Gasteiger partial charge in [-0.15, -0.1) is 0 Å². The van der Waals surface area contributed by atoms with Crippen LogP contribution in [0.15, 0.2) is 42.5 Å². The minimum absolute atomic E-state index is 0.0946. The lowest BCUT2D eigenvalue weighted by atomic mass is 10.1. The molecular formula is C20H20F3NO4. The normalized spacial score (nSPS) is 11.1. The van der Waals surface area contributed by atoms with Gasteiger partial charge in [-0.05, 0) is 42.3 Å². The number of benzene rings is 2. The van der Waals surface area contributed by atoms with Crippen LogP contribution in [0.2, 0.25) is 0 Å². The maximum absolute atomic E-state index is 13.2. The van der Waals surface area contributed by atoms with Gasteiger partial charge >= 0.3 is 12.1 Å². The van der Waals surface area contributed by atoms with E-state index in [-0.39, 0.29) is 37.2 Å². The zero-order chi connectivity index (χ0) is 20.7. The van der Waals surface area contributed by atoms with Crippen LogP contribution in [0.4, 0.5) is 18.9 Å². The first-order valence-electron chi connectivity index (χ1n) is 8.50. The summed E-state index contributed by atoms with van der Waals surface area (Å²) in [4.78, 5) is 23.6. The number of halogens is 3. The number of hydrogen-bond acceptors (Lipinski definition) is 4. The molecule has 5 nitrogen and oxygen atoms in total. The Morgan fingerprint density at radius 3 is 2.39 bits per heavy atom. The summed E-state index contributed by atoms with van der Waals surface area (Å²) in [7, 11) is 1.52. The van der Waals surface area contributed by atoms with Crippen molar-refractivity contribution >= 4 is 17.9 Å². The number of ether oxygens (including phenoxy) is 1. The molecule has 0 unspecified atom stereocenters. The van der Waals surface area contributed by atoms with E-state index in [1.807, 2.05) is 0 Å². The molecule has 1 N–H and O–H groups in total. The Bertz CT molecular complexity index is 819. The molecular weight excluding hydrogens is 375 g/mol. The summed E-state index contributed by atoms with van der Waals surface area (Å²) in [5.41, 5.74) is -0.00724. The van der Waals surface area contributed by atoms with Gasteiger partial charge in [-0.1, -0.05) is 12.1 Å². The Kier molecular flexibility index (Phi) is 7.03. The van der Waals surface area contributed by atoms with E-state index in [9.17, 15) is 22.8 Å². The number of carbonyl (C=O) groups is 2. The predicted octanol–water partition coefficient (Wildman–Crippen LogP) is 4.40. The average molecular weight is 395 g/mol. The third-order valence-electron chi connectivity index (χ3n) is 4.12. The number of nitrogens with zero attached hydrogens (tertiary/aromatic N) is 1. The predicted molar refractivity (Wildman–Crippen MR) is 97.7 cm³/mol. The van der Waals surface area contributed by atoms with Crippen LogP contribution in [0.3, 0.4) is 0 Å². The first kappa shape index (κ1) is 21.3. The van der Waals surface area contributed by atoms with Crippen LogP contribution in [0, 0.1) is 0 Å². The lowest BCUT2D eigenvalue weighted by Gasteiger charge is -2.26. The van der Waals surface area contributed by atoms with Crippen molar-refractivity contribution in [1.29, 1.82) is 0 Å². The number of carboxylic acids is 1. The zero-order valence-electron chi connectivity index (χ0n) is 15.2. The van der Waals surface area contributed by atoms with Crippen LogP contribution in [0.5, 0.6) is 5.75 Å². The Morgan fingerprint density at radius 1 is 1.18 bits per heavy atom. The summed E-state index contributed by atoms with van der Waals surface area (Å²) in [6.07, 6.45) is -4.10. The quantitative estimate of drug-likeness (QED) is 0.638. The van der Waals surface area contributed by atoms with Gasteiger partial charge in [0.15, 0.2) is 0 Å². The number of aliphatic carboxylic acids is 1. The van der Waals surface area contributed by atoms with Gasteiger partial charge < -0.3 is 14.7 Å². The van der Waals surface area contributed by atoms with Crippen molar-refractivity contribution in [2.75, 3.05) is 18.6 Å². The molecule has 2 aromatic rings. The van der Waals surface area contributed by atoms with Gasteiger partial charge in [0.1, 0.15) is 12.0 Å². The fraction of sp³-hybridized carbons (Fsp3) is 0.300. The maximum atomic E-state index is 13.2. The second-order valence-electron chi connectivity index (χ2n) is 6.20. The summed E-state index contributed by atoms with van der Waals surface area (Å²) in [5.74, 6) is -0.342. The Labute approximate surface area is 160 Å². The minimum Gasteiger partial charge on any atom is -0.497 e. The van der Waals surface area contributed by atoms with Crippen molar-refractivity contribution in [2.24, 2.45) is 0 Å². The molecule has 0 aliphatic carbocycles. The molecule has 0 aliphatic rings. The van der Waals surface area contributed by atoms with E-state index in [4.69, 9.17) is 9.84 Å². The van der Waals surface area contributed by atoms with Crippen molar-refractivity contribution in [3.8, 4) is 5.75 Å². The molecule has 0 radical (unpaired) electrons. The van der Waals surface area contributed by atoms with Crippen LogP contribution in [0.25, 0.3) is 0 Å². The molecule has 2 rings (SSSR count). The van der Waals surface area contributed by atoms with Crippen LogP contribution in [-0.4, -0.2) is 31.0 Å². The summed E-state index contributed by atoms with van der Waals surface area (Å²) >= 11 is 0. The van der Waals surface area contributed by atoms with Crippen LogP contribution in [-0.2, 0) is 17.5 Å². The van der Waals surface area contributed by atoms with Crippen molar-refractivity contribution in [3.63, 3.8) is 0 Å². The Hall–Kier alpha value is -3.03. The molecule has 0 amide bonds. The molecule has 0 saturated heterocycles. The van der Waals surface area contributed by atoms with Gasteiger partial charge in [0.25, 0.3) is 0 Å². The second kappa shape index (κ2) is 9.25. The topological polar surface area (TPSA) is 66.8 Å². The number of anilines is 1. The summed E-state index contributed by atoms with van der Waals surface area (Å²) in [5, 5.41) is 8.85. The number of alkyl halides is 3. The van der Waals surface area contributed by atoms with Crippen molar-refractivity contribution in [3.05, 3.63) is 59.2 Å². The number of carboxylic acid groups (broad SMARTS) is 1. The third kappa shape index (κ3) is 6.00. The van der Waals surface area contributed by atoms with Crippen molar-refractivity contribution in [2.45, 2.75) is 25.6 Å². The van der Waals surface area contributed by atoms with Gasteiger partial charge in [0, 0.05) is 30.8 Å². The SMILES string of the molecule is COc1ccc(CN(CCCC(=O)O)c2cc(C=O)cc(C(F)(F)F)c2)cc1. The molecule has 2 aromatic carbocycles. The zero-order valence-corrected chi connectivity index (χ0v) is 15.2. The molecule has 0 aliphatic heterocycles. The lowest BCUT2D eigenvalue weighted by molar-refractivity contribution is -0.138. The molecule has 0 heterocycles. The molecule has 0 spiro atoms. The Morgan fingerprint density at radius 2 is 1.86 bits per heavy atom.